The molecule has 5 nitrogen and oxygen atoms in total. The number of ether oxygens (including phenoxy) is 1. The summed E-state index contributed by atoms with van der Waals surface area (Å²) in [6.07, 6.45) is 1.60. The van der Waals surface area contributed by atoms with Gasteiger partial charge in [-0.15, -0.1) is 0 Å². The molecular weight excluding hydrogens is 290 g/mol. The van der Waals surface area contributed by atoms with Gasteiger partial charge < -0.3 is 9.84 Å². The van der Waals surface area contributed by atoms with Gasteiger partial charge in [0.05, 0.1) is 11.0 Å². The molecular formula is C15H19NO4S. The predicted octanol–water partition coefficient (Wildman–Crippen LogP) is 0.876. The van der Waals surface area contributed by atoms with Crippen LogP contribution in [-0.2, 0) is 14.8 Å². The number of sulfonamides is 1. The molecule has 0 spiro atoms. The third kappa shape index (κ3) is 4.29. The molecule has 0 aromatic heterocycles. The van der Waals surface area contributed by atoms with Crippen molar-refractivity contribution in [3.63, 3.8) is 0 Å². The molecule has 1 fully saturated rings. The zero-order chi connectivity index (χ0) is 15.3. The molecule has 0 amide bonds. The summed E-state index contributed by atoms with van der Waals surface area (Å²) in [6.45, 7) is 2.36. The average molecular weight is 309 g/mol. The van der Waals surface area contributed by atoms with E-state index in [9.17, 15) is 8.42 Å². The molecule has 0 saturated heterocycles. The van der Waals surface area contributed by atoms with E-state index in [1.807, 2.05) is 6.92 Å². The molecule has 21 heavy (non-hydrogen) atoms. The van der Waals surface area contributed by atoms with Gasteiger partial charge in [0.2, 0.25) is 10.0 Å². The maximum absolute atomic E-state index is 12.2. The van der Waals surface area contributed by atoms with Gasteiger partial charge in [-0.3, -0.25) is 0 Å². The zero-order valence-electron chi connectivity index (χ0n) is 11.9. The molecule has 0 aliphatic heterocycles. The lowest BCUT2D eigenvalue weighted by Gasteiger charge is -2.35. The summed E-state index contributed by atoms with van der Waals surface area (Å²) >= 11 is 0. The van der Waals surface area contributed by atoms with Crippen molar-refractivity contribution in [3.8, 4) is 11.8 Å². The Morgan fingerprint density at radius 2 is 2.00 bits per heavy atom. The number of hydrogen-bond donors (Lipinski definition) is 2. The zero-order valence-corrected chi connectivity index (χ0v) is 12.7. The van der Waals surface area contributed by atoms with Crippen molar-refractivity contribution in [3.05, 3.63) is 29.8 Å². The second kappa shape index (κ2) is 7.05. The van der Waals surface area contributed by atoms with E-state index in [1.165, 1.54) is 12.1 Å². The lowest BCUT2D eigenvalue weighted by atomic mass is 9.90. The summed E-state index contributed by atoms with van der Waals surface area (Å²) in [5.74, 6) is 5.24. The van der Waals surface area contributed by atoms with Gasteiger partial charge in [0, 0.05) is 18.2 Å². The van der Waals surface area contributed by atoms with Gasteiger partial charge >= 0.3 is 0 Å². The fraction of sp³-hybridized carbons (Fsp3) is 0.467. The summed E-state index contributed by atoms with van der Waals surface area (Å²) in [6, 6.07) is 6.23. The van der Waals surface area contributed by atoms with Crippen LogP contribution in [0.4, 0.5) is 0 Å². The summed E-state index contributed by atoms with van der Waals surface area (Å²) < 4.78 is 32.5. The van der Waals surface area contributed by atoms with Gasteiger partial charge in [0.15, 0.2) is 0 Å². The first kappa shape index (κ1) is 16.0. The van der Waals surface area contributed by atoms with E-state index in [4.69, 9.17) is 9.84 Å². The van der Waals surface area contributed by atoms with E-state index < -0.39 is 10.0 Å². The van der Waals surface area contributed by atoms with Gasteiger partial charge in [-0.05, 0) is 44.0 Å². The molecule has 1 aliphatic carbocycles. The summed E-state index contributed by atoms with van der Waals surface area (Å²) in [5.41, 5.74) is 0.669. The van der Waals surface area contributed by atoms with Gasteiger partial charge in [0.25, 0.3) is 0 Å². The Bertz CT molecular complexity index is 622. The topological polar surface area (TPSA) is 75.6 Å². The fourth-order valence-corrected chi connectivity index (χ4v) is 3.44. The van der Waals surface area contributed by atoms with E-state index in [-0.39, 0.29) is 23.6 Å². The van der Waals surface area contributed by atoms with Gasteiger partial charge in [0.1, 0.15) is 6.61 Å². The predicted molar refractivity (Wildman–Crippen MR) is 79.2 cm³/mol. The Morgan fingerprint density at radius 3 is 2.57 bits per heavy atom. The van der Waals surface area contributed by atoms with Crippen LogP contribution in [0, 0.1) is 11.8 Å². The maximum atomic E-state index is 12.2. The first-order valence-corrected chi connectivity index (χ1v) is 8.37. The Balaban J connectivity index is 1.97. The summed E-state index contributed by atoms with van der Waals surface area (Å²) in [5, 5.41) is 8.61. The first-order chi connectivity index (χ1) is 10.0. The first-order valence-electron chi connectivity index (χ1n) is 6.89. The summed E-state index contributed by atoms with van der Waals surface area (Å²) in [4.78, 5) is 0.219. The number of aliphatic hydroxyl groups excluding tert-OH is 1. The highest BCUT2D eigenvalue weighted by molar-refractivity contribution is 7.89. The highest BCUT2D eigenvalue weighted by Gasteiger charge is 2.33. The number of benzene rings is 1. The monoisotopic (exact) mass is 309 g/mol. The van der Waals surface area contributed by atoms with Crippen LogP contribution >= 0.6 is 0 Å². The molecule has 0 radical (unpaired) electrons. The third-order valence-electron chi connectivity index (χ3n) is 3.30. The number of aliphatic hydroxyl groups is 1. The van der Waals surface area contributed by atoms with E-state index in [2.05, 4.69) is 16.6 Å². The molecule has 2 N–H and O–H groups in total. The van der Waals surface area contributed by atoms with Crippen LogP contribution in [0.3, 0.4) is 0 Å². The SMILES string of the molecule is CCOC1CC(NS(=O)(=O)c2ccc(C#CCO)cc2)C1. The van der Waals surface area contributed by atoms with E-state index in [0.717, 1.165) is 0 Å². The molecule has 0 heterocycles. The van der Waals surface area contributed by atoms with Gasteiger partial charge in [-0.1, -0.05) is 11.8 Å². The number of hydrogen-bond acceptors (Lipinski definition) is 4. The van der Waals surface area contributed by atoms with E-state index in [0.29, 0.717) is 25.0 Å². The lowest BCUT2D eigenvalue weighted by molar-refractivity contribution is -0.00475. The highest BCUT2D eigenvalue weighted by Crippen LogP contribution is 2.25. The molecule has 6 heteroatoms. The minimum Gasteiger partial charge on any atom is -0.384 e. The van der Waals surface area contributed by atoms with Crippen molar-refractivity contribution in [1.82, 2.24) is 4.72 Å². The van der Waals surface area contributed by atoms with Crippen LogP contribution < -0.4 is 4.72 Å². The van der Waals surface area contributed by atoms with Crippen molar-refractivity contribution in [1.29, 1.82) is 0 Å². The van der Waals surface area contributed by atoms with E-state index in [1.54, 1.807) is 12.1 Å². The van der Waals surface area contributed by atoms with Crippen LogP contribution in [0.2, 0.25) is 0 Å². The van der Waals surface area contributed by atoms with Crippen LogP contribution in [-0.4, -0.2) is 38.9 Å². The average Bonchev–Trinajstić information content (AvgIpc) is 2.43. The molecule has 0 unspecified atom stereocenters. The Morgan fingerprint density at radius 1 is 1.33 bits per heavy atom. The molecule has 0 atom stereocenters. The number of rotatable bonds is 5. The van der Waals surface area contributed by atoms with Crippen molar-refractivity contribution in [2.45, 2.75) is 36.8 Å². The molecule has 2 rings (SSSR count). The van der Waals surface area contributed by atoms with Gasteiger partial charge in [-0.25, -0.2) is 13.1 Å². The fourth-order valence-electron chi connectivity index (χ4n) is 2.18. The molecule has 0 bridgehead atoms. The highest BCUT2D eigenvalue weighted by atomic mass is 32.2. The van der Waals surface area contributed by atoms with Crippen LogP contribution in [0.1, 0.15) is 25.3 Å². The number of nitrogens with one attached hydrogen (secondary N) is 1. The maximum Gasteiger partial charge on any atom is 0.240 e. The van der Waals surface area contributed by atoms with Crippen LogP contribution in [0.15, 0.2) is 29.2 Å². The third-order valence-corrected chi connectivity index (χ3v) is 4.83. The molecule has 1 aliphatic rings. The smallest absolute Gasteiger partial charge is 0.240 e. The minimum absolute atomic E-state index is 0.0552. The van der Waals surface area contributed by atoms with Crippen molar-refractivity contribution >= 4 is 10.0 Å². The summed E-state index contributed by atoms with van der Waals surface area (Å²) in [7, 11) is -3.50. The van der Waals surface area contributed by atoms with Crippen molar-refractivity contribution < 1.29 is 18.3 Å². The normalized spacial score (nSPS) is 21.2. The van der Waals surface area contributed by atoms with E-state index >= 15 is 0 Å². The van der Waals surface area contributed by atoms with Crippen molar-refractivity contribution in [2.75, 3.05) is 13.2 Å². The van der Waals surface area contributed by atoms with Gasteiger partial charge in [-0.2, -0.15) is 0 Å². The quantitative estimate of drug-likeness (QED) is 0.792. The van der Waals surface area contributed by atoms with Crippen molar-refractivity contribution in [2.24, 2.45) is 0 Å². The standard InChI is InChI=1S/C15H19NO4S/c1-2-20-14-10-13(11-14)16-21(18,19)15-7-5-12(6-8-15)4-3-9-17/h5-8,13-14,16-17H,2,9-11H2,1H3. The molecule has 1 saturated carbocycles. The van der Waals surface area contributed by atoms with Crippen LogP contribution in [0.5, 0.6) is 0 Å². The molecule has 1 aromatic carbocycles. The Labute approximate surface area is 125 Å². The molecule has 1 aromatic rings. The largest absolute Gasteiger partial charge is 0.384 e. The van der Waals surface area contributed by atoms with Crippen LogP contribution in [0.25, 0.3) is 0 Å². The molecule has 114 valence electrons. The second-order valence-corrected chi connectivity index (χ2v) is 6.57. The lowest BCUT2D eigenvalue weighted by Crippen LogP contribution is -2.47. The minimum atomic E-state index is -3.50. The Hall–Kier alpha value is -1.39. The Kier molecular flexibility index (Phi) is 5.37. The second-order valence-electron chi connectivity index (χ2n) is 4.85.